The van der Waals surface area contributed by atoms with Crippen LogP contribution in [-0.2, 0) is 11.3 Å². The fraction of sp³-hybridized carbons (Fsp3) is 0.316. The maximum absolute atomic E-state index is 5.39. The van der Waals surface area contributed by atoms with E-state index < -0.39 is 0 Å². The zero-order valence-corrected chi connectivity index (χ0v) is 14.1. The quantitative estimate of drug-likeness (QED) is 0.716. The first-order valence-corrected chi connectivity index (χ1v) is 8.58. The van der Waals surface area contributed by atoms with Gasteiger partial charge >= 0.3 is 0 Å². The van der Waals surface area contributed by atoms with Gasteiger partial charge in [0, 0.05) is 49.4 Å². The maximum Gasteiger partial charge on any atom is 0.115 e. The van der Waals surface area contributed by atoms with E-state index in [2.05, 4.69) is 39.1 Å². The third-order valence-electron chi connectivity index (χ3n) is 4.44. The SMILES string of the molecule is c1cc(-c2cncnc2)cc(-c2ccn(CCN3CCOCC3)n2)c1. The highest BCUT2D eigenvalue weighted by Gasteiger charge is 2.10. The highest BCUT2D eigenvalue weighted by Crippen LogP contribution is 2.24. The predicted molar refractivity (Wildman–Crippen MR) is 95.9 cm³/mol. The normalized spacial score (nSPS) is 15.4. The van der Waals surface area contributed by atoms with E-state index in [9.17, 15) is 0 Å². The first kappa shape index (κ1) is 15.9. The van der Waals surface area contributed by atoms with E-state index in [1.54, 1.807) is 6.33 Å². The van der Waals surface area contributed by atoms with Crippen molar-refractivity contribution >= 4 is 0 Å². The average molecular weight is 335 g/mol. The second-order valence-electron chi connectivity index (χ2n) is 6.13. The highest BCUT2D eigenvalue weighted by atomic mass is 16.5. The molecule has 2 aromatic heterocycles. The number of hydrogen-bond donors (Lipinski definition) is 0. The lowest BCUT2D eigenvalue weighted by Gasteiger charge is -2.26. The van der Waals surface area contributed by atoms with Gasteiger partial charge < -0.3 is 4.74 Å². The summed E-state index contributed by atoms with van der Waals surface area (Å²) in [5.41, 5.74) is 4.20. The van der Waals surface area contributed by atoms with Crippen molar-refractivity contribution in [3.05, 3.63) is 55.2 Å². The third-order valence-corrected chi connectivity index (χ3v) is 4.44. The molecule has 0 aliphatic carbocycles. The molecule has 0 spiro atoms. The molecule has 3 aromatic rings. The first-order valence-electron chi connectivity index (χ1n) is 8.58. The average Bonchev–Trinajstić information content (AvgIpc) is 3.17. The molecule has 1 fully saturated rings. The summed E-state index contributed by atoms with van der Waals surface area (Å²) in [5.74, 6) is 0. The van der Waals surface area contributed by atoms with E-state index in [1.807, 2.05) is 29.3 Å². The molecule has 3 heterocycles. The molecule has 6 nitrogen and oxygen atoms in total. The van der Waals surface area contributed by atoms with Crippen molar-refractivity contribution in [2.24, 2.45) is 0 Å². The number of rotatable bonds is 5. The Morgan fingerprint density at radius 1 is 0.920 bits per heavy atom. The largest absolute Gasteiger partial charge is 0.379 e. The van der Waals surface area contributed by atoms with Crippen molar-refractivity contribution < 1.29 is 4.74 Å². The molecule has 0 bridgehead atoms. The van der Waals surface area contributed by atoms with Crippen LogP contribution in [0.2, 0.25) is 0 Å². The zero-order chi connectivity index (χ0) is 16.9. The Labute approximate surface area is 147 Å². The number of benzene rings is 1. The van der Waals surface area contributed by atoms with Crippen LogP contribution >= 0.6 is 0 Å². The van der Waals surface area contributed by atoms with Crippen LogP contribution in [0.4, 0.5) is 0 Å². The standard InChI is InChI=1S/C19H21N5O/c1-2-16(18-13-20-15-21-14-18)12-17(3-1)19-4-5-24(22-19)7-6-23-8-10-25-11-9-23/h1-5,12-15H,6-11H2. The molecule has 1 aromatic carbocycles. The lowest BCUT2D eigenvalue weighted by molar-refractivity contribution is 0.0360. The highest BCUT2D eigenvalue weighted by molar-refractivity contribution is 5.70. The molecule has 0 radical (unpaired) electrons. The Hall–Kier alpha value is -2.57. The lowest BCUT2D eigenvalue weighted by Crippen LogP contribution is -2.38. The summed E-state index contributed by atoms with van der Waals surface area (Å²) in [7, 11) is 0. The van der Waals surface area contributed by atoms with Gasteiger partial charge in [-0.3, -0.25) is 9.58 Å². The van der Waals surface area contributed by atoms with Crippen LogP contribution in [0.5, 0.6) is 0 Å². The number of morpholine rings is 1. The van der Waals surface area contributed by atoms with Gasteiger partial charge in [-0.05, 0) is 17.7 Å². The summed E-state index contributed by atoms with van der Waals surface area (Å²) < 4.78 is 7.41. The van der Waals surface area contributed by atoms with E-state index in [1.165, 1.54) is 0 Å². The minimum atomic E-state index is 0.834. The van der Waals surface area contributed by atoms with Crippen LogP contribution in [-0.4, -0.2) is 57.5 Å². The van der Waals surface area contributed by atoms with Crippen molar-refractivity contribution in [3.63, 3.8) is 0 Å². The monoisotopic (exact) mass is 335 g/mol. The van der Waals surface area contributed by atoms with Gasteiger partial charge in [-0.2, -0.15) is 5.10 Å². The first-order chi connectivity index (χ1) is 12.4. The molecular weight excluding hydrogens is 314 g/mol. The van der Waals surface area contributed by atoms with Crippen LogP contribution in [0.3, 0.4) is 0 Å². The summed E-state index contributed by atoms with van der Waals surface area (Å²) in [6.07, 6.45) is 7.25. The molecule has 1 aliphatic heterocycles. The van der Waals surface area contributed by atoms with Crippen LogP contribution < -0.4 is 0 Å². The van der Waals surface area contributed by atoms with Gasteiger partial charge in [0.1, 0.15) is 6.33 Å². The zero-order valence-electron chi connectivity index (χ0n) is 14.1. The molecule has 0 amide bonds. The Kier molecular flexibility index (Phi) is 4.81. The van der Waals surface area contributed by atoms with Gasteiger partial charge in [0.05, 0.1) is 25.5 Å². The van der Waals surface area contributed by atoms with Crippen molar-refractivity contribution in [1.29, 1.82) is 0 Å². The summed E-state index contributed by atoms with van der Waals surface area (Å²) in [4.78, 5) is 10.6. The van der Waals surface area contributed by atoms with E-state index >= 15 is 0 Å². The fourth-order valence-electron chi connectivity index (χ4n) is 3.02. The second-order valence-corrected chi connectivity index (χ2v) is 6.13. The van der Waals surface area contributed by atoms with Gasteiger partial charge in [0.15, 0.2) is 0 Å². The van der Waals surface area contributed by atoms with Crippen molar-refractivity contribution in [2.75, 3.05) is 32.8 Å². The van der Waals surface area contributed by atoms with E-state index in [4.69, 9.17) is 9.84 Å². The van der Waals surface area contributed by atoms with Gasteiger partial charge in [0.2, 0.25) is 0 Å². The van der Waals surface area contributed by atoms with Gasteiger partial charge in [-0.25, -0.2) is 9.97 Å². The second kappa shape index (κ2) is 7.55. The van der Waals surface area contributed by atoms with Crippen molar-refractivity contribution in [3.8, 4) is 22.4 Å². The topological polar surface area (TPSA) is 56.1 Å². The Bertz CT molecular complexity index is 811. The van der Waals surface area contributed by atoms with E-state index in [-0.39, 0.29) is 0 Å². The minimum Gasteiger partial charge on any atom is -0.379 e. The van der Waals surface area contributed by atoms with Gasteiger partial charge in [-0.15, -0.1) is 0 Å². The Balaban J connectivity index is 1.46. The number of ether oxygens (including phenoxy) is 1. The lowest BCUT2D eigenvalue weighted by atomic mass is 10.0. The molecule has 0 unspecified atom stereocenters. The molecule has 1 saturated heterocycles. The van der Waals surface area contributed by atoms with Crippen LogP contribution in [0.25, 0.3) is 22.4 Å². The van der Waals surface area contributed by atoms with Crippen LogP contribution in [0, 0.1) is 0 Å². The molecule has 128 valence electrons. The molecule has 0 atom stereocenters. The van der Waals surface area contributed by atoms with Gasteiger partial charge in [0.25, 0.3) is 0 Å². The Morgan fingerprint density at radius 2 is 1.72 bits per heavy atom. The summed E-state index contributed by atoms with van der Waals surface area (Å²) in [5, 5.41) is 4.73. The summed E-state index contributed by atoms with van der Waals surface area (Å²) in [6.45, 7) is 5.59. The number of hydrogen-bond acceptors (Lipinski definition) is 5. The molecule has 6 heteroatoms. The predicted octanol–water partition coefficient (Wildman–Crippen LogP) is 2.34. The fourth-order valence-corrected chi connectivity index (χ4v) is 3.02. The smallest absolute Gasteiger partial charge is 0.115 e. The van der Waals surface area contributed by atoms with E-state index in [0.29, 0.717) is 0 Å². The Morgan fingerprint density at radius 3 is 2.56 bits per heavy atom. The molecule has 4 rings (SSSR count). The van der Waals surface area contributed by atoms with Crippen molar-refractivity contribution in [1.82, 2.24) is 24.6 Å². The number of aromatic nitrogens is 4. The molecule has 0 N–H and O–H groups in total. The summed E-state index contributed by atoms with van der Waals surface area (Å²) in [6, 6.07) is 10.4. The molecule has 0 saturated carbocycles. The summed E-state index contributed by atoms with van der Waals surface area (Å²) >= 11 is 0. The van der Waals surface area contributed by atoms with E-state index in [0.717, 1.165) is 61.8 Å². The van der Waals surface area contributed by atoms with Crippen LogP contribution in [0.1, 0.15) is 0 Å². The number of nitrogens with zero attached hydrogens (tertiary/aromatic N) is 5. The van der Waals surface area contributed by atoms with Crippen LogP contribution in [0.15, 0.2) is 55.2 Å². The van der Waals surface area contributed by atoms with Crippen molar-refractivity contribution in [2.45, 2.75) is 6.54 Å². The van der Waals surface area contributed by atoms with Gasteiger partial charge in [-0.1, -0.05) is 18.2 Å². The molecule has 1 aliphatic rings. The minimum absolute atomic E-state index is 0.834. The molecular formula is C19H21N5O. The third kappa shape index (κ3) is 3.92. The molecule has 25 heavy (non-hydrogen) atoms. The maximum atomic E-state index is 5.39.